The lowest BCUT2D eigenvalue weighted by molar-refractivity contribution is -0.130. The predicted molar refractivity (Wildman–Crippen MR) is 69.0 cm³/mol. The summed E-state index contributed by atoms with van der Waals surface area (Å²) in [5, 5.41) is 3.42. The van der Waals surface area contributed by atoms with Gasteiger partial charge in [-0.1, -0.05) is 29.8 Å². The van der Waals surface area contributed by atoms with Crippen LogP contribution in [0.1, 0.15) is 26.3 Å². The van der Waals surface area contributed by atoms with Crippen LogP contribution >= 0.6 is 11.6 Å². The SMILES string of the molecule is CC(C)(C)OCC(=O)NCc1ccccc1Cl. The summed E-state index contributed by atoms with van der Waals surface area (Å²) in [6.45, 7) is 6.22. The van der Waals surface area contributed by atoms with E-state index in [4.69, 9.17) is 16.3 Å². The van der Waals surface area contributed by atoms with Crippen LogP contribution in [-0.2, 0) is 16.1 Å². The van der Waals surface area contributed by atoms with Gasteiger partial charge in [-0.2, -0.15) is 0 Å². The zero-order valence-corrected chi connectivity index (χ0v) is 11.2. The normalized spacial score (nSPS) is 11.3. The van der Waals surface area contributed by atoms with Crippen LogP contribution in [-0.4, -0.2) is 18.1 Å². The van der Waals surface area contributed by atoms with Crippen molar-refractivity contribution in [3.8, 4) is 0 Å². The molecule has 1 amide bonds. The Morgan fingerprint density at radius 1 is 1.35 bits per heavy atom. The molecule has 0 fully saturated rings. The first-order valence-electron chi connectivity index (χ1n) is 5.52. The number of ether oxygens (including phenoxy) is 1. The number of carbonyl (C=O) groups excluding carboxylic acids is 1. The van der Waals surface area contributed by atoms with E-state index in [-0.39, 0.29) is 18.1 Å². The smallest absolute Gasteiger partial charge is 0.246 e. The maximum absolute atomic E-state index is 11.5. The molecule has 1 N–H and O–H groups in total. The van der Waals surface area contributed by atoms with Gasteiger partial charge in [0.15, 0.2) is 0 Å². The molecule has 1 aromatic carbocycles. The largest absolute Gasteiger partial charge is 0.366 e. The van der Waals surface area contributed by atoms with E-state index < -0.39 is 0 Å². The molecule has 0 heterocycles. The molecule has 0 atom stereocenters. The highest BCUT2D eigenvalue weighted by Gasteiger charge is 2.12. The highest BCUT2D eigenvalue weighted by Crippen LogP contribution is 2.14. The van der Waals surface area contributed by atoms with Crippen molar-refractivity contribution in [2.24, 2.45) is 0 Å². The van der Waals surface area contributed by atoms with Gasteiger partial charge in [-0.25, -0.2) is 0 Å². The minimum atomic E-state index is -0.304. The lowest BCUT2D eigenvalue weighted by atomic mass is 10.2. The molecule has 17 heavy (non-hydrogen) atoms. The summed E-state index contributed by atoms with van der Waals surface area (Å²) < 4.78 is 5.36. The third-order valence-corrected chi connectivity index (χ3v) is 2.44. The number of benzene rings is 1. The lowest BCUT2D eigenvalue weighted by Gasteiger charge is -2.19. The molecule has 0 saturated carbocycles. The molecule has 0 aliphatic heterocycles. The zero-order valence-electron chi connectivity index (χ0n) is 10.4. The standard InChI is InChI=1S/C13H18ClNO2/c1-13(2,3)17-9-12(16)15-8-10-6-4-5-7-11(10)14/h4-7H,8-9H2,1-3H3,(H,15,16). The average molecular weight is 256 g/mol. The van der Waals surface area contributed by atoms with Gasteiger partial charge < -0.3 is 10.1 Å². The molecule has 1 rings (SSSR count). The first kappa shape index (κ1) is 14.0. The summed E-state index contributed by atoms with van der Waals surface area (Å²) in [6, 6.07) is 7.43. The van der Waals surface area contributed by atoms with Gasteiger partial charge in [-0.3, -0.25) is 4.79 Å². The summed E-state index contributed by atoms with van der Waals surface area (Å²) in [5.74, 6) is -0.139. The molecule has 0 aliphatic rings. The van der Waals surface area contributed by atoms with E-state index in [1.54, 1.807) is 6.07 Å². The molecular formula is C13H18ClNO2. The Morgan fingerprint density at radius 3 is 2.59 bits per heavy atom. The number of rotatable bonds is 4. The summed E-state index contributed by atoms with van der Waals surface area (Å²) in [7, 11) is 0. The highest BCUT2D eigenvalue weighted by molar-refractivity contribution is 6.31. The molecular weight excluding hydrogens is 238 g/mol. The predicted octanol–water partition coefficient (Wildman–Crippen LogP) is 2.77. The summed E-state index contributed by atoms with van der Waals surface area (Å²) in [4.78, 5) is 11.5. The second-order valence-corrected chi connectivity index (χ2v) is 5.18. The Morgan fingerprint density at radius 2 is 2.00 bits per heavy atom. The van der Waals surface area contributed by atoms with Gasteiger partial charge in [-0.05, 0) is 32.4 Å². The topological polar surface area (TPSA) is 38.3 Å². The first-order chi connectivity index (χ1) is 7.88. The molecule has 0 bridgehead atoms. The van der Waals surface area contributed by atoms with E-state index in [2.05, 4.69) is 5.32 Å². The number of halogens is 1. The van der Waals surface area contributed by atoms with Crippen LogP contribution in [0.25, 0.3) is 0 Å². The first-order valence-corrected chi connectivity index (χ1v) is 5.90. The molecule has 0 aromatic heterocycles. The zero-order chi connectivity index (χ0) is 12.9. The van der Waals surface area contributed by atoms with Crippen LogP contribution in [0.15, 0.2) is 24.3 Å². The Kier molecular flexibility index (Phi) is 4.97. The van der Waals surface area contributed by atoms with E-state index in [0.717, 1.165) is 5.56 Å². The summed E-state index contributed by atoms with van der Waals surface area (Å²) in [5.41, 5.74) is 0.597. The molecule has 0 unspecified atom stereocenters. The quantitative estimate of drug-likeness (QED) is 0.899. The van der Waals surface area contributed by atoms with Gasteiger partial charge in [0.1, 0.15) is 6.61 Å². The lowest BCUT2D eigenvalue weighted by Crippen LogP contribution is -2.31. The monoisotopic (exact) mass is 255 g/mol. The molecule has 0 spiro atoms. The Balaban J connectivity index is 2.36. The van der Waals surface area contributed by atoms with Crippen molar-refractivity contribution in [2.45, 2.75) is 32.9 Å². The van der Waals surface area contributed by atoms with Gasteiger partial charge in [0.05, 0.1) is 5.60 Å². The molecule has 0 radical (unpaired) electrons. The number of amides is 1. The van der Waals surface area contributed by atoms with Crippen molar-refractivity contribution in [1.82, 2.24) is 5.32 Å². The Bertz CT molecular complexity index is 385. The number of hydrogen-bond acceptors (Lipinski definition) is 2. The van der Waals surface area contributed by atoms with E-state index >= 15 is 0 Å². The van der Waals surface area contributed by atoms with Gasteiger partial charge in [0.2, 0.25) is 5.91 Å². The van der Waals surface area contributed by atoms with Gasteiger partial charge in [0.25, 0.3) is 0 Å². The van der Waals surface area contributed by atoms with E-state index in [1.807, 2.05) is 39.0 Å². The molecule has 1 aromatic rings. The van der Waals surface area contributed by atoms with E-state index in [1.165, 1.54) is 0 Å². The minimum Gasteiger partial charge on any atom is -0.366 e. The number of hydrogen-bond donors (Lipinski definition) is 1. The molecule has 3 nitrogen and oxygen atoms in total. The summed E-state index contributed by atoms with van der Waals surface area (Å²) in [6.07, 6.45) is 0. The fourth-order valence-corrected chi connectivity index (χ4v) is 1.37. The van der Waals surface area contributed by atoms with Gasteiger partial charge in [-0.15, -0.1) is 0 Å². The van der Waals surface area contributed by atoms with Gasteiger partial charge in [0, 0.05) is 11.6 Å². The molecule has 0 saturated heterocycles. The molecule has 0 aliphatic carbocycles. The Hall–Kier alpha value is -1.06. The highest BCUT2D eigenvalue weighted by atomic mass is 35.5. The van der Waals surface area contributed by atoms with Crippen LogP contribution in [0.2, 0.25) is 5.02 Å². The van der Waals surface area contributed by atoms with Crippen LogP contribution in [0.3, 0.4) is 0 Å². The molecule has 94 valence electrons. The van der Waals surface area contributed by atoms with Crippen molar-refractivity contribution in [3.63, 3.8) is 0 Å². The van der Waals surface area contributed by atoms with Crippen LogP contribution < -0.4 is 5.32 Å². The van der Waals surface area contributed by atoms with E-state index in [9.17, 15) is 4.79 Å². The maximum atomic E-state index is 11.5. The van der Waals surface area contributed by atoms with Crippen molar-refractivity contribution in [2.75, 3.05) is 6.61 Å². The van der Waals surface area contributed by atoms with Crippen LogP contribution in [0, 0.1) is 0 Å². The van der Waals surface area contributed by atoms with Crippen molar-refractivity contribution < 1.29 is 9.53 Å². The summed E-state index contributed by atoms with van der Waals surface area (Å²) >= 11 is 5.97. The average Bonchev–Trinajstić information content (AvgIpc) is 2.24. The van der Waals surface area contributed by atoms with Crippen molar-refractivity contribution in [3.05, 3.63) is 34.9 Å². The number of carbonyl (C=O) groups is 1. The van der Waals surface area contributed by atoms with Crippen molar-refractivity contribution >= 4 is 17.5 Å². The van der Waals surface area contributed by atoms with Crippen molar-refractivity contribution in [1.29, 1.82) is 0 Å². The fraction of sp³-hybridized carbons (Fsp3) is 0.462. The third-order valence-electron chi connectivity index (χ3n) is 2.07. The molecule has 4 heteroatoms. The Labute approximate surface area is 107 Å². The second-order valence-electron chi connectivity index (χ2n) is 4.77. The van der Waals surface area contributed by atoms with Crippen LogP contribution in [0.5, 0.6) is 0 Å². The third kappa shape index (κ3) is 5.71. The minimum absolute atomic E-state index is 0.0634. The fourth-order valence-electron chi connectivity index (χ4n) is 1.17. The van der Waals surface area contributed by atoms with Gasteiger partial charge >= 0.3 is 0 Å². The second kappa shape index (κ2) is 6.03. The number of nitrogens with one attached hydrogen (secondary N) is 1. The van der Waals surface area contributed by atoms with E-state index in [0.29, 0.717) is 11.6 Å². The maximum Gasteiger partial charge on any atom is 0.246 e. The van der Waals surface area contributed by atoms with Crippen LogP contribution in [0.4, 0.5) is 0 Å².